The van der Waals surface area contributed by atoms with Gasteiger partial charge in [0.25, 0.3) is 0 Å². The third-order valence-corrected chi connectivity index (χ3v) is 2.92. The van der Waals surface area contributed by atoms with Crippen molar-refractivity contribution in [1.82, 2.24) is 0 Å². The molecule has 2 aromatic rings. The maximum absolute atomic E-state index is 10.3. The molecular formula is C15H14N2O. The van der Waals surface area contributed by atoms with E-state index >= 15 is 0 Å². The predicted octanol–water partition coefficient (Wildman–Crippen LogP) is 2.29. The van der Waals surface area contributed by atoms with Gasteiger partial charge in [0.05, 0.1) is 23.8 Å². The lowest BCUT2D eigenvalue weighted by molar-refractivity contribution is 0.146. The van der Waals surface area contributed by atoms with E-state index in [1.54, 1.807) is 24.3 Å². The number of benzene rings is 2. The molecule has 0 aliphatic carbocycles. The van der Waals surface area contributed by atoms with Crippen LogP contribution in [-0.2, 0) is 0 Å². The Morgan fingerprint density at radius 2 is 1.61 bits per heavy atom. The van der Waals surface area contributed by atoms with E-state index < -0.39 is 12.1 Å². The average Bonchev–Trinajstić information content (AvgIpc) is 2.46. The SMILES string of the molecule is N#Cc1ccccc1C(O)C(N)c1ccccc1. The van der Waals surface area contributed by atoms with Crippen LogP contribution in [0.4, 0.5) is 0 Å². The van der Waals surface area contributed by atoms with E-state index in [1.807, 2.05) is 30.3 Å². The van der Waals surface area contributed by atoms with Crippen LogP contribution < -0.4 is 5.73 Å². The molecule has 0 aliphatic rings. The molecular weight excluding hydrogens is 224 g/mol. The van der Waals surface area contributed by atoms with Gasteiger partial charge in [-0.15, -0.1) is 0 Å². The Morgan fingerprint density at radius 3 is 2.28 bits per heavy atom. The van der Waals surface area contributed by atoms with Crippen molar-refractivity contribution in [2.45, 2.75) is 12.1 Å². The first-order chi connectivity index (χ1) is 8.74. The van der Waals surface area contributed by atoms with Crippen molar-refractivity contribution in [3.63, 3.8) is 0 Å². The van der Waals surface area contributed by atoms with Crippen LogP contribution in [0.2, 0.25) is 0 Å². The fourth-order valence-electron chi connectivity index (χ4n) is 1.91. The maximum Gasteiger partial charge on any atom is 0.0995 e. The second-order valence-electron chi connectivity index (χ2n) is 4.08. The number of hydrogen-bond donors (Lipinski definition) is 2. The number of nitrogens with two attached hydrogens (primary N) is 1. The van der Waals surface area contributed by atoms with Crippen LogP contribution in [0.25, 0.3) is 0 Å². The van der Waals surface area contributed by atoms with Gasteiger partial charge < -0.3 is 10.8 Å². The Kier molecular flexibility index (Phi) is 3.73. The summed E-state index contributed by atoms with van der Waals surface area (Å²) in [6, 6.07) is 17.9. The van der Waals surface area contributed by atoms with Gasteiger partial charge in [0.1, 0.15) is 0 Å². The predicted molar refractivity (Wildman–Crippen MR) is 69.5 cm³/mol. The molecule has 0 aliphatic heterocycles. The first-order valence-electron chi connectivity index (χ1n) is 5.71. The fraction of sp³-hybridized carbons (Fsp3) is 0.133. The minimum Gasteiger partial charge on any atom is -0.386 e. The highest BCUT2D eigenvalue weighted by Crippen LogP contribution is 2.28. The molecule has 3 nitrogen and oxygen atoms in total. The van der Waals surface area contributed by atoms with Crippen LogP contribution in [-0.4, -0.2) is 5.11 Å². The summed E-state index contributed by atoms with van der Waals surface area (Å²) >= 11 is 0. The summed E-state index contributed by atoms with van der Waals surface area (Å²) < 4.78 is 0. The number of rotatable bonds is 3. The summed E-state index contributed by atoms with van der Waals surface area (Å²) in [6.45, 7) is 0. The number of aliphatic hydroxyl groups excluding tert-OH is 1. The average molecular weight is 238 g/mol. The molecule has 0 spiro atoms. The van der Waals surface area contributed by atoms with Gasteiger partial charge in [0, 0.05) is 5.56 Å². The third kappa shape index (κ3) is 2.40. The van der Waals surface area contributed by atoms with E-state index in [9.17, 15) is 5.11 Å². The van der Waals surface area contributed by atoms with Crippen molar-refractivity contribution in [2.75, 3.05) is 0 Å². The second kappa shape index (κ2) is 5.46. The lowest BCUT2D eigenvalue weighted by Crippen LogP contribution is -2.20. The molecule has 0 aromatic heterocycles. The number of hydrogen-bond acceptors (Lipinski definition) is 3. The van der Waals surface area contributed by atoms with Gasteiger partial charge in [-0.3, -0.25) is 0 Å². The zero-order valence-electron chi connectivity index (χ0n) is 9.82. The molecule has 2 rings (SSSR count). The third-order valence-electron chi connectivity index (χ3n) is 2.92. The van der Waals surface area contributed by atoms with Crippen LogP contribution >= 0.6 is 0 Å². The van der Waals surface area contributed by atoms with Gasteiger partial charge in [-0.1, -0.05) is 48.5 Å². The van der Waals surface area contributed by atoms with E-state index in [0.29, 0.717) is 11.1 Å². The van der Waals surface area contributed by atoms with Gasteiger partial charge in [-0.05, 0) is 11.6 Å². The molecule has 0 heterocycles. The number of nitrogens with zero attached hydrogens (tertiary/aromatic N) is 1. The van der Waals surface area contributed by atoms with Crippen molar-refractivity contribution in [3.8, 4) is 6.07 Å². The smallest absolute Gasteiger partial charge is 0.0995 e. The molecule has 2 aromatic carbocycles. The van der Waals surface area contributed by atoms with Gasteiger partial charge in [-0.2, -0.15) is 5.26 Å². The normalized spacial score (nSPS) is 13.6. The highest BCUT2D eigenvalue weighted by molar-refractivity contribution is 5.40. The van der Waals surface area contributed by atoms with Gasteiger partial charge in [0.2, 0.25) is 0 Å². The van der Waals surface area contributed by atoms with Gasteiger partial charge in [0.15, 0.2) is 0 Å². The van der Waals surface area contributed by atoms with Crippen molar-refractivity contribution < 1.29 is 5.11 Å². The van der Waals surface area contributed by atoms with E-state index in [1.165, 1.54) is 0 Å². The standard InChI is InChI=1S/C15H14N2O/c16-10-12-8-4-5-9-13(12)15(18)14(17)11-6-2-1-3-7-11/h1-9,14-15,18H,17H2. The van der Waals surface area contributed by atoms with Crippen molar-refractivity contribution >= 4 is 0 Å². The molecule has 0 radical (unpaired) electrons. The molecule has 3 N–H and O–H groups in total. The van der Waals surface area contributed by atoms with Crippen LogP contribution in [0.3, 0.4) is 0 Å². The molecule has 3 heteroatoms. The summed E-state index contributed by atoms with van der Waals surface area (Å²) in [5, 5.41) is 19.3. The van der Waals surface area contributed by atoms with E-state index in [0.717, 1.165) is 5.56 Å². The molecule has 2 atom stereocenters. The lowest BCUT2D eigenvalue weighted by Gasteiger charge is -2.20. The van der Waals surface area contributed by atoms with E-state index in [2.05, 4.69) is 6.07 Å². The lowest BCUT2D eigenvalue weighted by atomic mass is 9.94. The maximum atomic E-state index is 10.3. The Morgan fingerprint density at radius 1 is 1.00 bits per heavy atom. The molecule has 2 unspecified atom stereocenters. The quantitative estimate of drug-likeness (QED) is 0.861. The van der Waals surface area contributed by atoms with Crippen molar-refractivity contribution in [1.29, 1.82) is 5.26 Å². The van der Waals surface area contributed by atoms with E-state index in [4.69, 9.17) is 11.0 Å². The summed E-state index contributed by atoms with van der Waals surface area (Å²) in [4.78, 5) is 0. The Balaban J connectivity index is 2.32. The first-order valence-corrected chi connectivity index (χ1v) is 5.71. The Bertz CT molecular complexity index is 560. The van der Waals surface area contributed by atoms with Crippen molar-refractivity contribution in [2.24, 2.45) is 5.73 Å². The van der Waals surface area contributed by atoms with Crippen LogP contribution in [0, 0.1) is 11.3 Å². The molecule has 0 saturated heterocycles. The summed E-state index contributed by atoms with van der Waals surface area (Å²) in [5.74, 6) is 0. The Hall–Kier alpha value is -2.15. The fourth-order valence-corrected chi connectivity index (χ4v) is 1.91. The molecule has 0 saturated carbocycles. The van der Waals surface area contributed by atoms with Gasteiger partial charge in [-0.25, -0.2) is 0 Å². The topological polar surface area (TPSA) is 70.0 Å². The summed E-state index contributed by atoms with van der Waals surface area (Å²) in [7, 11) is 0. The molecule has 0 fully saturated rings. The highest BCUT2D eigenvalue weighted by atomic mass is 16.3. The Labute approximate surface area is 106 Å². The largest absolute Gasteiger partial charge is 0.386 e. The first kappa shape index (κ1) is 12.3. The number of nitriles is 1. The number of aliphatic hydroxyl groups is 1. The van der Waals surface area contributed by atoms with Crippen LogP contribution in [0.15, 0.2) is 54.6 Å². The monoisotopic (exact) mass is 238 g/mol. The molecule has 0 bridgehead atoms. The highest BCUT2D eigenvalue weighted by Gasteiger charge is 2.20. The van der Waals surface area contributed by atoms with Crippen LogP contribution in [0.1, 0.15) is 28.8 Å². The van der Waals surface area contributed by atoms with E-state index in [-0.39, 0.29) is 0 Å². The van der Waals surface area contributed by atoms with Crippen molar-refractivity contribution in [3.05, 3.63) is 71.3 Å². The molecule has 0 amide bonds. The summed E-state index contributed by atoms with van der Waals surface area (Å²) in [6.07, 6.45) is -0.886. The van der Waals surface area contributed by atoms with Crippen LogP contribution in [0.5, 0.6) is 0 Å². The minimum absolute atomic E-state index is 0.455. The summed E-state index contributed by atoms with van der Waals surface area (Å²) in [5.41, 5.74) is 7.90. The molecule has 90 valence electrons. The zero-order valence-corrected chi connectivity index (χ0v) is 9.82. The zero-order chi connectivity index (χ0) is 13.0. The minimum atomic E-state index is -0.886. The molecule has 18 heavy (non-hydrogen) atoms. The van der Waals surface area contributed by atoms with Gasteiger partial charge >= 0.3 is 0 Å². The second-order valence-corrected chi connectivity index (χ2v) is 4.08.